The number of nitrogens with zero attached hydrogens (tertiary/aromatic N) is 2. The van der Waals surface area contributed by atoms with Crippen LogP contribution < -0.4 is 5.32 Å². The van der Waals surface area contributed by atoms with Gasteiger partial charge in [0.2, 0.25) is 0 Å². The van der Waals surface area contributed by atoms with Crippen LogP contribution >= 0.6 is 7.60 Å². The van der Waals surface area contributed by atoms with Gasteiger partial charge in [-0.1, -0.05) is 37.6 Å². The van der Waals surface area contributed by atoms with Crippen LogP contribution in [0.5, 0.6) is 0 Å². The Balaban J connectivity index is 2.35. The Hall–Kier alpha value is -2.54. The molecule has 0 saturated carbocycles. The lowest BCUT2D eigenvalue weighted by Gasteiger charge is -2.22. The molecule has 0 bridgehead atoms. The molecule has 0 saturated heterocycles. The molecular weight excluding hydrogens is 357 g/mol. The molecule has 3 aromatic rings. The van der Waals surface area contributed by atoms with E-state index in [0.29, 0.717) is 28.5 Å². The summed E-state index contributed by atoms with van der Waals surface area (Å²) in [7, 11) is -4.45. The van der Waals surface area contributed by atoms with E-state index < -0.39 is 18.3 Å². The van der Waals surface area contributed by atoms with Crippen molar-refractivity contribution in [2.45, 2.75) is 25.5 Å². The van der Waals surface area contributed by atoms with Crippen molar-refractivity contribution < 1.29 is 19.3 Å². The lowest BCUT2D eigenvalue weighted by Crippen LogP contribution is -2.20. The van der Waals surface area contributed by atoms with Gasteiger partial charge in [-0.2, -0.15) is 0 Å². The summed E-state index contributed by atoms with van der Waals surface area (Å²) in [4.78, 5) is 34.8. The monoisotopic (exact) mass is 375 g/mol. The molecule has 136 valence electrons. The molecule has 0 amide bonds. The topological polar surface area (TPSA) is 126 Å². The summed E-state index contributed by atoms with van der Waals surface area (Å²) in [6.07, 6.45) is 0.773. The second-order valence-corrected chi connectivity index (χ2v) is 7.77. The number of aromatic nitrogens is 1. The van der Waals surface area contributed by atoms with Gasteiger partial charge in [-0.15, -0.1) is 0 Å². The van der Waals surface area contributed by atoms with Gasteiger partial charge in [-0.3, -0.25) is 14.7 Å². The van der Waals surface area contributed by atoms with E-state index in [0.717, 1.165) is 0 Å². The van der Waals surface area contributed by atoms with Gasteiger partial charge in [-0.25, -0.2) is 4.98 Å². The number of benzene rings is 2. The molecule has 2 aromatic carbocycles. The molecule has 26 heavy (non-hydrogen) atoms. The normalized spacial score (nSPS) is 13.0. The van der Waals surface area contributed by atoms with E-state index in [9.17, 15) is 24.5 Å². The van der Waals surface area contributed by atoms with Crippen LogP contribution in [0.3, 0.4) is 0 Å². The summed E-state index contributed by atoms with van der Waals surface area (Å²) in [5.74, 6) is -1.14. The van der Waals surface area contributed by atoms with E-state index in [1.54, 1.807) is 36.4 Å². The van der Waals surface area contributed by atoms with E-state index in [-0.39, 0.29) is 17.5 Å². The number of hydrogen-bond acceptors (Lipinski definition) is 5. The molecule has 9 heteroatoms. The van der Waals surface area contributed by atoms with Crippen molar-refractivity contribution in [2.75, 3.05) is 5.32 Å². The van der Waals surface area contributed by atoms with Gasteiger partial charge in [0, 0.05) is 11.5 Å². The molecule has 1 atom stereocenters. The van der Waals surface area contributed by atoms with Crippen molar-refractivity contribution in [3.05, 3.63) is 52.6 Å². The first-order chi connectivity index (χ1) is 12.3. The number of anilines is 1. The average Bonchev–Trinajstić information content (AvgIpc) is 2.59. The van der Waals surface area contributed by atoms with Crippen molar-refractivity contribution in [2.24, 2.45) is 0 Å². The minimum atomic E-state index is -4.45. The van der Waals surface area contributed by atoms with E-state index in [4.69, 9.17) is 0 Å². The quantitative estimate of drug-likeness (QED) is 0.257. The first kappa shape index (κ1) is 18.3. The van der Waals surface area contributed by atoms with Gasteiger partial charge in [0.15, 0.2) is 0 Å². The van der Waals surface area contributed by atoms with Gasteiger partial charge in [0.25, 0.3) is 5.69 Å². The molecule has 1 heterocycles. The minimum absolute atomic E-state index is 0.163. The van der Waals surface area contributed by atoms with Crippen LogP contribution in [0.25, 0.3) is 21.8 Å². The molecule has 0 aliphatic heterocycles. The molecule has 3 N–H and O–H groups in total. The maximum atomic E-state index is 11.9. The Labute approximate surface area is 149 Å². The fourth-order valence-electron chi connectivity index (χ4n) is 2.99. The molecule has 3 rings (SSSR count). The minimum Gasteiger partial charge on any atom is -0.370 e. The second kappa shape index (κ2) is 6.99. The maximum Gasteiger partial charge on any atom is 0.347 e. The Kier molecular flexibility index (Phi) is 4.91. The number of fused-ring (bicyclic) bond motifs is 2. The number of hydrogen-bond donors (Lipinski definition) is 3. The summed E-state index contributed by atoms with van der Waals surface area (Å²) < 4.78 is 11.9. The third-order valence-electron chi connectivity index (χ3n) is 4.16. The largest absolute Gasteiger partial charge is 0.370 e. The standard InChI is InChI=1S/C17H18N3O5P/c1-2-6-15(26(23,24)25)19-17-11-7-3-4-8-12(11)18-13-9-5-10-14(16(13)17)20(21)22/h3-5,7-10,15H,2,6H2,1H3,(H,18,19)(H2,23,24,25). The van der Waals surface area contributed by atoms with Crippen molar-refractivity contribution in [1.82, 2.24) is 4.98 Å². The summed E-state index contributed by atoms with van der Waals surface area (Å²) in [6.45, 7) is 1.82. The predicted molar refractivity (Wildman–Crippen MR) is 100 cm³/mol. The van der Waals surface area contributed by atoms with Crippen molar-refractivity contribution in [3.8, 4) is 0 Å². The predicted octanol–water partition coefficient (Wildman–Crippen LogP) is 4.01. The molecule has 1 aromatic heterocycles. The van der Waals surface area contributed by atoms with E-state index in [1.807, 2.05) is 6.92 Å². The van der Waals surface area contributed by atoms with Crippen LogP contribution in [-0.2, 0) is 4.57 Å². The Morgan fingerprint density at radius 3 is 2.54 bits per heavy atom. The van der Waals surface area contributed by atoms with Crippen LogP contribution in [0.15, 0.2) is 42.5 Å². The van der Waals surface area contributed by atoms with Crippen molar-refractivity contribution >= 4 is 40.8 Å². The lowest BCUT2D eigenvalue weighted by molar-refractivity contribution is -0.383. The summed E-state index contributed by atoms with van der Waals surface area (Å²) in [5, 5.41) is 15.2. The van der Waals surface area contributed by atoms with Gasteiger partial charge < -0.3 is 15.1 Å². The maximum absolute atomic E-state index is 11.9. The highest BCUT2D eigenvalue weighted by Crippen LogP contribution is 2.46. The first-order valence-electron chi connectivity index (χ1n) is 8.10. The molecule has 0 fully saturated rings. The molecular formula is C17H18N3O5P. The number of nitro benzene ring substituents is 1. The number of para-hydroxylation sites is 1. The molecule has 0 spiro atoms. The number of pyridine rings is 1. The first-order valence-corrected chi connectivity index (χ1v) is 9.78. The van der Waals surface area contributed by atoms with Gasteiger partial charge in [0.05, 0.1) is 21.6 Å². The Morgan fingerprint density at radius 1 is 1.19 bits per heavy atom. The summed E-state index contributed by atoms with van der Waals surface area (Å²) in [5.41, 5.74) is 1.13. The SMILES string of the molecule is CCCC(Nc1c2ccccc2nc2cccc([N+](=O)[O-])c12)P(=O)(O)O. The highest BCUT2D eigenvalue weighted by Gasteiger charge is 2.30. The summed E-state index contributed by atoms with van der Waals surface area (Å²) in [6, 6.07) is 11.6. The zero-order valence-corrected chi connectivity index (χ0v) is 14.9. The fraction of sp³-hybridized carbons (Fsp3) is 0.235. The van der Waals surface area contributed by atoms with Gasteiger partial charge >= 0.3 is 7.60 Å². The molecule has 1 unspecified atom stereocenters. The van der Waals surface area contributed by atoms with Crippen LogP contribution in [-0.4, -0.2) is 25.5 Å². The van der Waals surface area contributed by atoms with Gasteiger partial charge in [0.1, 0.15) is 11.2 Å². The number of nitro groups is 1. The van der Waals surface area contributed by atoms with Crippen LogP contribution in [0, 0.1) is 10.1 Å². The van der Waals surface area contributed by atoms with E-state index in [1.165, 1.54) is 6.07 Å². The van der Waals surface area contributed by atoms with E-state index >= 15 is 0 Å². The average molecular weight is 375 g/mol. The number of rotatable bonds is 6. The highest BCUT2D eigenvalue weighted by molar-refractivity contribution is 7.52. The van der Waals surface area contributed by atoms with E-state index in [2.05, 4.69) is 10.3 Å². The molecule has 0 radical (unpaired) electrons. The molecule has 0 aliphatic carbocycles. The Bertz CT molecular complexity index is 1030. The van der Waals surface area contributed by atoms with Gasteiger partial charge in [-0.05, 0) is 18.6 Å². The van der Waals surface area contributed by atoms with Crippen LogP contribution in [0.2, 0.25) is 0 Å². The highest BCUT2D eigenvalue weighted by atomic mass is 31.2. The second-order valence-electron chi connectivity index (χ2n) is 5.97. The number of nitrogens with one attached hydrogen (secondary N) is 1. The molecule has 0 aliphatic rings. The van der Waals surface area contributed by atoms with Crippen molar-refractivity contribution in [1.29, 1.82) is 0 Å². The molecule has 8 nitrogen and oxygen atoms in total. The number of non-ortho nitro benzene ring substituents is 1. The Morgan fingerprint density at radius 2 is 1.88 bits per heavy atom. The zero-order chi connectivity index (χ0) is 18.9. The van der Waals surface area contributed by atoms with Crippen LogP contribution in [0.4, 0.5) is 11.4 Å². The third-order valence-corrected chi connectivity index (χ3v) is 5.36. The zero-order valence-electron chi connectivity index (χ0n) is 14.0. The van der Waals surface area contributed by atoms with Crippen molar-refractivity contribution in [3.63, 3.8) is 0 Å². The smallest absolute Gasteiger partial charge is 0.347 e. The lowest BCUT2D eigenvalue weighted by atomic mass is 10.1. The fourth-order valence-corrected chi connectivity index (χ4v) is 3.88. The third kappa shape index (κ3) is 3.39. The van der Waals surface area contributed by atoms with Crippen LogP contribution in [0.1, 0.15) is 19.8 Å². The summed E-state index contributed by atoms with van der Waals surface area (Å²) >= 11 is 0.